The van der Waals surface area contributed by atoms with Gasteiger partial charge < -0.3 is 0 Å². The highest BCUT2D eigenvalue weighted by Crippen LogP contribution is 2.43. The van der Waals surface area contributed by atoms with E-state index in [1.807, 2.05) is 29.7 Å². The molecular formula is C39H24N4S. The highest BCUT2D eigenvalue weighted by molar-refractivity contribution is 7.26. The summed E-state index contributed by atoms with van der Waals surface area (Å²) in [6.07, 6.45) is 3.67. The van der Waals surface area contributed by atoms with E-state index < -0.39 is 0 Å². The molecule has 0 spiro atoms. The zero-order chi connectivity index (χ0) is 29.0. The van der Waals surface area contributed by atoms with Gasteiger partial charge in [-0.05, 0) is 59.7 Å². The minimum atomic E-state index is 0.863. The number of hydrogen-bond donors (Lipinski definition) is 0. The lowest BCUT2D eigenvalue weighted by atomic mass is 10.0. The number of nitrogens with zero attached hydrogens (tertiary/aromatic N) is 4. The van der Waals surface area contributed by atoms with Gasteiger partial charge in [-0.2, -0.15) is 0 Å². The fourth-order valence-electron chi connectivity index (χ4n) is 6.25. The number of aromatic nitrogens is 4. The Kier molecular flexibility index (Phi) is 5.64. The second-order valence-electron chi connectivity index (χ2n) is 10.9. The van der Waals surface area contributed by atoms with E-state index in [0.717, 1.165) is 61.4 Å². The van der Waals surface area contributed by atoms with E-state index in [4.69, 9.17) is 9.97 Å². The maximum absolute atomic E-state index is 5.32. The summed E-state index contributed by atoms with van der Waals surface area (Å²) >= 11 is 1.83. The molecule has 0 bridgehead atoms. The molecule has 4 aromatic carbocycles. The van der Waals surface area contributed by atoms with E-state index >= 15 is 0 Å². The predicted molar refractivity (Wildman–Crippen MR) is 183 cm³/mol. The molecule has 0 aliphatic rings. The second kappa shape index (κ2) is 9.97. The van der Waals surface area contributed by atoms with Gasteiger partial charge in [-0.1, -0.05) is 84.9 Å². The van der Waals surface area contributed by atoms with Gasteiger partial charge in [-0.15, -0.1) is 11.3 Å². The zero-order valence-electron chi connectivity index (χ0n) is 23.6. The third-order valence-corrected chi connectivity index (χ3v) is 9.50. The Morgan fingerprint density at radius 1 is 0.523 bits per heavy atom. The minimum Gasteiger partial charge on any atom is -0.292 e. The lowest BCUT2D eigenvalue weighted by Gasteiger charge is -2.13. The van der Waals surface area contributed by atoms with Crippen LogP contribution < -0.4 is 0 Å². The summed E-state index contributed by atoms with van der Waals surface area (Å²) in [4.78, 5) is 15.0. The molecular weight excluding hydrogens is 557 g/mol. The smallest absolute Gasteiger partial charge is 0.138 e. The zero-order valence-corrected chi connectivity index (χ0v) is 24.4. The number of benzene rings is 4. The summed E-state index contributed by atoms with van der Waals surface area (Å²) in [7, 11) is 0. The lowest BCUT2D eigenvalue weighted by Crippen LogP contribution is -2.00. The number of pyridine rings is 3. The summed E-state index contributed by atoms with van der Waals surface area (Å²) in [5, 5.41) is 3.67. The van der Waals surface area contributed by atoms with Crippen molar-refractivity contribution < 1.29 is 0 Å². The first-order chi connectivity index (χ1) is 21.8. The maximum Gasteiger partial charge on any atom is 0.138 e. The monoisotopic (exact) mass is 580 g/mol. The Hall–Kier alpha value is -5.65. The van der Waals surface area contributed by atoms with E-state index in [1.165, 1.54) is 20.2 Å². The van der Waals surface area contributed by atoms with Crippen LogP contribution in [0.25, 0.3) is 81.6 Å². The van der Waals surface area contributed by atoms with Crippen molar-refractivity contribution in [2.45, 2.75) is 0 Å². The Morgan fingerprint density at radius 2 is 1.27 bits per heavy atom. The number of hydrogen-bond acceptors (Lipinski definition) is 4. The molecule has 0 amide bonds. The Balaban J connectivity index is 1.40. The summed E-state index contributed by atoms with van der Waals surface area (Å²) < 4.78 is 4.80. The maximum atomic E-state index is 5.32. The lowest BCUT2D eigenvalue weighted by molar-refractivity contribution is 1.08. The highest BCUT2D eigenvalue weighted by atomic mass is 32.1. The van der Waals surface area contributed by atoms with Crippen LogP contribution >= 0.6 is 11.3 Å². The van der Waals surface area contributed by atoms with Gasteiger partial charge in [0.1, 0.15) is 5.82 Å². The molecule has 44 heavy (non-hydrogen) atoms. The Labute approximate surface area is 257 Å². The molecule has 0 aliphatic heterocycles. The number of rotatable bonds is 4. The molecule has 0 N–H and O–H groups in total. The van der Waals surface area contributed by atoms with Gasteiger partial charge in [-0.3, -0.25) is 9.55 Å². The quantitative estimate of drug-likeness (QED) is 0.208. The van der Waals surface area contributed by atoms with Crippen molar-refractivity contribution in [3.8, 4) is 39.5 Å². The van der Waals surface area contributed by atoms with Crippen LogP contribution in [0.15, 0.2) is 146 Å². The highest BCUT2D eigenvalue weighted by Gasteiger charge is 2.21. The fraction of sp³-hybridized carbons (Fsp3) is 0. The van der Waals surface area contributed by atoms with Crippen molar-refractivity contribution in [3.63, 3.8) is 0 Å². The van der Waals surface area contributed by atoms with Crippen molar-refractivity contribution in [3.05, 3.63) is 146 Å². The van der Waals surface area contributed by atoms with Gasteiger partial charge in [0.05, 0.1) is 27.9 Å². The van der Waals surface area contributed by atoms with E-state index in [1.54, 1.807) is 6.20 Å². The van der Waals surface area contributed by atoms with Gasteiger partial charge in [0, 0.05) is 49.1 Å². The Bertz CT molecular complexity index is 2420. The standard InChI is InChI=1S/C39H24N4S/c1-3-10-25(11-4-1)28-22-32(26-12-5-2-6-13-26)41-36(23-28)43-33-19-17-30-29-15-7-8-16-35(29)44-39(30)37(33)38-34(43)20-18-31(42-38)27-14-9-21-40-24-27/h1-24H. The molecule has 0 fully saturated rings. The molecule has 0 saturated heterocycles. The summed E-state index contributed by atoms with van der Waals surface area (Å²) in [5.74, 6) is 0.863. The van der Waals surface area contributed by atoms with Crippen molar-refractivity contribution in [2.24, 2.45) is 0 Å². The molecule has 0 unspecified atom stereocenters. The fourth-order valence-corrected chi connectivity index (χ4v) is 7.49. The number of thiophene rings is 1. The third-order valence-electron chi connectivity index (χ3n) is 8.29. The molecule has 4 nitrogen and oxygen atoms in total. The molecule has 206 valence electrons. The minimum absolute atomic E-state index is 0.863. The number of fused-ring (bicyclic) bond motifs is 7. The first-order valence-corrected chi connectivity index (χ1v) is 15.4. The average molecular weight is 581 g/mol. The van der Waals surface area contributed by atoms with Gasteiger partial charge in [0.2, 0.25) is 0 Å². The van der Waals surface area contributed by atoms with Crippen LogP contribution in [-0.2, 0) is 0 Å². The second-order valence-corrected chi connectivity index (χ2v) is 12.0. The van der Waals surface area contributed by atoms with Crippen molar-refractivity contribution in [2.75, 3.05) is 0 Å². The normalized spacial score (nSPS) is 11.6. The summed E-state index contributed by atoms with van der Waals surface area (Å²) in [6, 6.07) is 46.8. The van der Waals surface area contributed by atoms with Crippen molar-refractivity contribution in [1.82, 2.24) is 19.5 Å². The summed E-state index contributed by atoms with van der Waals surface area (Å²) in [6.45, 7) is 0. The van der Waals surface area contributed by atoms with E-state index in [0.29, 0.717) is 0 Å². The topological polar surface area (TPSA) is 43.6 Å². The molecule has 0 atom stereocenters. The molecule has 5 heterocycles. The average Bonchev–Trinajstić information content (AvgIpc) is 3.64. The molecule has 5 aromatic heterocycles. The van der Waals surface area contributed by atoms with Crippen LogP contribution in [-0.4, -0.2) is 19.5 Å². The SMILES string of the molecule is c1ccc(-c2cc(-c3ccccc3)nc(-n3c4ccc(-c5cccnc5)nc4c4c5sc6ccccc6c5ccc43)c2)cc1. The van der Waals surface area contributed by atoms with Gasteiger partial charge in [0.15, 0.2) is 0 Å². The van der Waals surface area contributed by atoms with E-state index in [-0.39, 0.29) is 0 Å². The Morgan fingerprint density at radius 3 is 2.09 bits per heavy atom. The van der Waals surface area contributed by atoms with Crippen LogP contribution in [0.4, 0.5) is 0 Å². The first kappa shape index (κ1) is 24.9. The first-order valence-electron chi connectivity index (χ1n) is 14.6. The van der Waals surface area contributed by atoms with Gasteiger partial charge in [0.25, 0.3) is 0 Å². The molecule has 9 rings (SSSR count). The predicted octanol–water partition coefficient (Wildman–Crippen LogP) is 10.3. The molecule has 0 aliphatic carbocycles. The summed E-state index contributed by atoms with van der Waals surface area (Å²) in [5.41, 5.74) is 9.25. The van der Waals surface area contributed by atoms with Crippen LogP contribution in [0.5, 0.6) is 0 Å². The van der Waals surface area contributed by atoms with Crippen LogP contribution in [0.1, 0.15) is 0 Å². The molecule has 9 aromatic rings. The van der Waals surface area contributed by atoms with Crippen LogP contribution in [0.3, 0.4) is 0 Å². The van der Waals surface area contributed by atoms with E-state index in [2.05, 4.69) is 131 Å². The van der Waals surface area contributed by atoms with Crippen LogP contribution in [0.2, 0.25) is 0 Å². The van der Waals surface area contributed by atoms with Crippen molar-refractivity contribution in [1.29, 1.82) is 0 Å². The van der Waals surface area contributed by atoms with Gasteiger partial charge in [-0.25, -0.2) is 9.97 Å². The van der Waals surface area contributed by atoms with Crippen LogP contribution in [0, 0.1) is 0 Å². The largest absolute Gasteiger partial charge is 0.292 e. The van der Waals surface area contributed by atoms with Gasteiger partial charge >= 0.3 is 0 Å². The molecule has 0 saturated carbocycles. The van der Waals surface area contributed by atoms with Crippen molar-refractivity contribution >= 4 is 53.4 Å². The molecule has 0 radical (unpaired) electrons. The molecule has 5 heteroatoms. The van der Waals surface area contributed by atoms with E-state index in [9.17, 15) is 0 Å². The third kappa shape index (κ3) is 3.94.